The first kappa shape index (κ1) is 9.02. The van der Waals surface area contributed by atoms with Crippen molar-refractivity contribution in [3.8, 4) is 5.75 Å². The first-order valence-electron chi connectivity index (χ1n) is 4.00. The molecule has 0 spiro atoms. The monoisotopic (exact) mass is 210 g/mol. The lowest BCUT2D eigenvalue weighted by Gasteiger charge is -2.05. The van der Waals surface area contributed by atoms with Crippen molar-refractivity contribution < 1.29 is 9.90 Å². The largest absolute Gasteiger partial charge is 0.508 e. The number of aromatic hydroxyl groups is 1. The molecule has 1 heterocycles. The van der Waals surface area contributed by atoms with E-state index in [1.54, 1.807) is 6.07 Å². The molecule has 4 nitrogen and oxygen atoms in total. The highest BCUT2D eigenvalue weighted by molar-refractivity contribution is 6.70. The summed E-state index contributed by atoms with van der Waals surface area (Å²) in [5, 5.41) is 12.1. The Balaban J connectivity index is 2.57. The van der Waals surface area contributed by atoms with Crippen LogP contribution in [0.25, 0.3) is 0 Å². The van der Waals surface area contributed by atoms with Gasteiger partial charge in [-0.05, 0) is 18.2 Å². The van der Waals surface area contributed by atoms with Gasteiger partial charge in [0.05, 0.1) is 5.69 Å². The van der Waals surface area contributed by atoms with Gasteiger partial charge in [0.1, 0.15) is 17.5 Å². The first-order chi connectivity index (χ1) is 6.66. The van der Waals surface area contributed by atoms with Crippen LogP contribution >= 0.6 is 11.6 Å². The Morgan fingerprint density at radius 2 is 2.29 bits per heavy atom. The molecule has 1 aliphatic rings. The Morgan fingerprint density at radius 3 is 3.07 bits per heavy atom. The molecule has 2 N–H and O–H groups in total. The molecule has 2 rings (SSSR count). The van der Waals surface area contributed by atoms with E-state index in [1.807, 2.05) is 0 Å². The molecule has 5 heteroatoms. The number of carbonyl (C=O) groups excluding carboxylic acids is 1. The molecule has 0 fully saturated rings. The van der Waals surface area contributed by atoms with Crippen LogP contribution in [0.4, 0.5) is 5.69 Å². The maximum atomic E-state index is 11.1. The quantitative estimate of drug-likeness (QED) is 0.635. The van der Waals surface area contributed by atoms with Gasteiger partial charge in [-0.3, -0.25) is 9.79 Å². The van der Waals surface area contributed by atoms with Crippen molar-refractivity contribution in [2.75, 3.05) is 11.9 Å². The lowest BCUT2D eigenvalue weighted by Crippen LogP contribution is -2.13. The lowest BCUT2D eigenvalue weighted by molar-refractivity contribution is -0.114. The standard InChI is InChI=1S/C9H7ClN2O2/c10-9-6-3-5(13)1-2-7(6)12-8(14)4-11-9/h1-3,13H,4H2,(H,12,14). The van der Waals surface area contributed by atoms with Crippen molar-refractivity contribution in [2.24, 2.45) is 4.99 Å². The number of phenols is 1. The number of nitrogens with one attached hydrogen (secondary N) is 1. The molecule has 0 aliphatic carbocycles. The molecule has 0 radical (unpaired) electrons. The van der Waals surface area contributed by atoms with Crippen LogP contribution in [-0.2, 0) is 4.79 Å². The molecule has 0 unspecified atom stereocenters. The van der Waals surface area contributed by atoms with Gasteiger partial charge in [0.25, 0.3) is 0 Å². The van der Waals surface area contributed by atoms with Gasteiger partial charge in [-0.15, -0.1) is 0 Å². The van der Waals surface area contributed by atoms with Crippen LogP contribution in [-0.4, -0.2) is 22.7 Å². The zero-order chi connectivity index (χ0) is 10.1. The van der Waals surface area contributed by atoms with E-state index in [2.05, 4.69) is 10.3 Å². The third-order valence-electron chi connectivity index (χ3n) is 1.86. The van der Waals surface area contributed by atoms with E-state index in [-0.39, 0.29) is 23.4 Å². The topological polar surface area (TPSA) is 61.7 Å². The van der Waals surface area contributed by atoms with Crippen LogP contribution in [0, 0.1) is 0 Å². The third kappa shape index (κ3) is 1.56. The summed E-state index contributed by atoms with van der Waals surface area (Å²) in [6, 6.07) is 4.53. The Bertz CT molecular complexity index is 429. The summed E-state index contributed by atoms with van der Waals surface area (Å²) < 4.78 is 0. The number of aliphatic imine (C=N–C) groups is 1. The number of anilines is 1. The number of halogens is 1. The average Bonchev–Trinajstić information content (AvgIpc) is 2.29. The van der Waals surface area contributed by atoms with Crippen molar-refractivity contribution in [1.29, 1.82) is 0 Å². The number of carbonyl (C=O) groups is 1. The molecule has 14 heavy (non-hydrogen) atoms. The number of nitrogens with zero attached hydrogens (tertiary/aromatic N) is 1. The summed E-state index contributed by atoms with van der Waals surface area (Å²) in [4.78, 5) is 15.0. The minimum atomic E-state index is -0.215. The van der Waals surface area contributed by atoms with Crippen LogP contribution in [0.15, 0.2) is 23.2 Å². The van der Waals surface area contributed by atoms with Gasteiger partial charge in [0, 0.05) is 5.56 Å². The number of hydrogen-bond acceptors (Lipinski definition) is 3. The Labute approximate surface area is 85.2 Å². The van der Waals surface area contributed by atoms with Gasteiger partial charge in [-0.2, -0.15) is 0 Å². The second-order valence-electron chi connectivity index (χ2n) is 2.89. The van der Waals surface area contributed by atoms with E-state index in [0.29, 0.717) is 11.3 Å². The number of fused-ring (bicyclic) bond motifs is 1. The summed E-state index contributed by atoms with van der Waals surface area (Å²) >= 11 is 5.84. The molecule has 0 aromatic heterocycles. The predicted octanol–water partition coefficient (Wildman–Crippen LogP) is 1.33. The van der Waals surface area contributed by atoms with Crippen LogP contribution in [0.5, 0.6) is 5.75 Å². The zero-order valence-electron chi connectivity index (χ0n) is 7.12. The summed E-state index contributed by atoms with van der Waals surface area (Å²) in [5.41, 5.74) is 1.11. The summed E-state index contributed by atoms with van der Waals surface area (Å²) in [6.45, 7) is 0.00821. The van der Waals surface area contributed by atoms with Gasteiger partial charge in [0.15, 0.2) is 0 Å². The van der Waals surface area contributed by atoms with Gasteiger partial charge in [0.2, 0.25) is 5.91 Å². The molecule has 0 atom stereocenters. The molecule has 0 saturated carbocycles. The molecule has 0 saturated heterocycles. The maximum absolute atomic E-state index is 11.1. The molecule has 1 aromatic carbocycles. The predicted molar refractivity (Wildman–Crippen MR) is 54.0 cm³/mol. The molecule has 1 amide bonds. The molecule has 1 aromatic rings. The van der Waals surface area contributed by atoms with Crippen LogP contribution in [0.2, 0.25) is 0 Å². The second-order valence-corrected chi connectivity index (χ2v) is 3.24. The first-order valence-corrected chi connectivity index (χ1v) is 4.38. The highest BCUT2D eigenvalue weighted by atomic mass is 35.5. The second kappa shape index (κ2) is 3.31. The molecule has 1 aliphatic heterocycles. The number of amides is 1. The minimum Gasteiger partial charge on any atom is -0.508 e. The fraction of sp³-hybridized carbons (Fsp3) is 0.111. The fourth-order valence-corrected chi connectivity index (χ4v) is 1.44. The van der Waals surface area contributed by atoms with E-state index in [1.165, 1.54) is 12.1 Å². The number of rotatable bonds is 0. The molecular formula is C9H7ClN2O2. The van der Waals surface area contributed by atoms with E-state index in [9.17, 15) is 9.90 Å². The highest BCUT2D eigenvalue weighted by Gasteiger charge is 2.14. The number of hydrogen-bond donors (Lipinski definition) is 2. The van der Waals surface area contributed by atoms with Crippen LogP contribution in [0.1, 0.15) is 5.56 Å². The van der Waals surface area contributed by atoms with Crippen LogP contribution in [0.3, 0.4) is 0 Å². The number of benzodiazepines with no additional fused rings is 1. The summed E-state index contributed by atoms with van der Waals surface area (Å²) in [5.74, 6) is -0.124. The lowest BCUT2D eigenvalue weighted by atomic mass is 10.2. The maximum Gasteiger partial charge on any atom is 0.246 e. The SMILES string of the molecule is O=C1CN=C(Cl)c2cc(O)ccc2N1. The van der Waals surface area contributed by atoms with Crippen molar-refractivity contribution in [2.45, 2.75) is 0 Å². The van der Waals surface area contributed by atoms with E-state index < -0.39 is 0 Å². The molecule has 0 bridgehead atoms. The van der Waals surface area contributed by atoms with Gasteiger partial charge in [-0.1, -0.05) is 11.6 Å². The smallest absolute Gasteiger partial charge is 0.246 e. The van der Waals surface area contributed by atoms with Gasteiger partial charge >= 0.3 is 0 Å². The zero-order valence-corrected chi connectivity index (χ0v) is 7.88. The molecular weight excluding hydrogens is 204 g/mol. The van der Waals surface area contributed by atoms with Crippen LogP contribution < -0.4 is 5.32 Å². The average molecular weight is 211 g/mol. The van der Waals surface area contributed by atoms with E-state index in [0.717, 1.165) is 0 Å². The Morgan fingerprint density at radius 1 is 1.50 bits per heavy atom. The van der Waals surface area contributed by atoms with Crippen molar-refractivity contribution >= 4 is 28.4 Å². The Hall–Kier alpha value is -1.55. The summed E-state index contributed by atoms with van der Waals surface area (Å²) in [7, 11) is 0. The van der Waals surface area contributed by atoms with Crippen molar-refractivity contribution in [1.82, 2.24) is 0 Å². The van der Waals surface area contributed by atoms with Gasteiger partial charge < -0.3 is 10.4 Å². The van der Waals surface area contributed by atoms with E-state index in [4.69, 9.17) is 11.6 Å². The van der Waals surface area contributed by atoms with Crippen molar-refractivity contribution in [3.63, 3.8) is 0 Å². The summed E-state index contributed by atoms with van der Waals surface area (Å²) in [6.07, 6.45) is 0. The number of phenolic OH excluding ortho intramolecular Hbond substituents is 1. The molecule has 72 valence electrons. The van der Waals surface area contributed by atoms with Gasteiger partial charge in [-0.25, -0.2) is 0 Å². The number of benzene rings is 1. The Kier molecular flexibility index (Phi) is 2.13. The van der Waals surface area contributed by atoms with E-state index >= 15 is 0 Å². The third-order valence-corrected chi connectivity index (χ3v) is 2.18. The fourth-order valence-electron chi connectivity index (χ4n) is 1.23. The normalized spacial score (nSPS) is 15.2. The van der Waals surface area contributed by atoms with Crippen molar-refractivity contribution in [3.05, 3.63) is 23.8 Å². The highest BCUT2D eigenvalue weighted by Crippen LogP contribution is 2.24. The minimum absolute atomic E-state index is 0.00821.